The summed E-state index contributed by atoms with van der Waals surface area (Å²) in [6, 6.07) is 8.92. The molecule has 3 aromatic rings. The van der Waals surface area contributed by atoms with Gasteiger partial charge in [-0.25, -0.2) is 13.2 Å². The SMILES string of the molecule is Fc1cc(F)c(F)c(NCc2cccc3cnccc23)c1. The van der Waals surface area contributed by atoms with E-state index in [2.05, 4.69) is 10.3 Å². The van der Waals surface area contributed by atoms with Crippen molar-refractivity contribution < 1.29 is 13.2 Å². The van der Waals surface area contributed by atoms with Crippen molar-refractivity contribution in [2.75, 3.05) is 5.32 Å². The smallest absolute Gasteiger partial charge is 0.182 e. The first kappa shape index (κ1) is 13.4. The monoisotopic (exact) mass is 288 g/mol. The zero-order valence-corrected chi connectivity index (χ0v) is 10.9. The van der Waals surface area contributed by atoms with E-state index < -0.39 is 17.5 Å². The van der Waals surface area contributed by atoms with Crippen molar-refractivity contribution in [1.82, 2.24) is 4.98 Å². The lowest BCUT2D eigenvalue weighted by Crippen LogP contribution is -2.04. The Labute approximate surface area is 119 Å². The molecule has 0 saturated heterocycles. The number of hydrogen-bond acceptors (Lipinski definition) is 2. The number of aromatic nitrogens is 1. The second kappa shape index (κ2) is 5.44. The molecule has 0 saturated carbocycles. The van der Waals surface area contributed by atoms with Gasteiger partial charge in [0.15, 0.2) is 11.6 Å². The summed E-state index contributed by atoms with van der Waals surface area (Å²) in [4.78, 5) is 4.03. The van der Waals surface area contributed by atoms with Crippen LogP contribution in [0.2, 0.25) is 0 Å². The Bertz CT molecular complexity index is 797. The molecule has 0 fully saturated rings. The molecule has 0 aliphatic carbocycles. The van der Waals surface area contributed by atoms with E-state index in [0.29, 0.717) is 6.07 Å². The molecule has 0 radical (unpaired) electrons. The van der Waals surface area contributed by atoms with Gasteiger partial charge in [-0.3, -0.25) is 4.98 Å². The summed E-state index contributed by atoms with van der Waals surface area (Å²) in [5.74, 6) is -3.11. The third-order valence-corrected chi connectivity index (χ3v) is 3.23. The van der Waals surface area contributed by atoms with Gasteiger partial charge in [0.2, 0.25) is 0 Å². The molecule has 21 heavy (non-hydrogen) atoms. The minimum Gasteiger partial charge on any atom is -0.378 e. The van der Waals surface area contributed by atoms with Gasteiger partial charge < -0.3 is 5.32 Å². The number of hydrogen-bond donors (Lipinski definition) is 1. The molecule has 0 spiro atoms. The lowest BCUT2D eigenvalue weighted by molar-refractivity contribution is 0.497. The fraction of sp³-hybridized carbons (Fsp3) is 0.0625. The standard InChI is InChI=1S/C16H11F3N2/c17-12-6-14(18)16(19)15(7-12)21-9-11-3-1-2-10-8-20-5-4-13(10)11/h1-8,21H,9H2. The fourth-order valence-corrected chi connectivity index (χ4v) is 2.22. The summed E-state index contributed by atoms with van der Waals surface area (Å²) in [7, 11) is 0. The molecule has 1 N–H and O–H groups in total. The van der Waals surface area contributed by atoms with Crippen LogP contribution in [-0.4, -0.2) is 4.98 Å². The number of pyridine rings is 1. The summed E-state index contributed by atoms with van der Waals surface area (Å²) >= 11 is 0. The van der Waals surface area contributed by atoms with Gasteiger partial charge in [-0.15, -0.1) is 0 Å². The normalized spacial score (nSPS) is 10.8. The van der Waals surface area contributed by atoms with Crippen molar-refractivity contribution in [3.63, 3.8) is 0 Å². The summed E-state index contributed by atoms with van der Waals surface area (Å²) in [5, 5.41) is 4.63. The Morgan fingerprint density at radius 3 is 2.76 bits per heavy atom. The van der Waals surface area contributed by atoms with Crippen molar-refractivity contribution in [3.8, 4) is 0 Å². The topological polar surface area (TPSA) is 24.9 Å². The zero-order chi connectivity index (χ0) is 14.8. The highest BCUT2D eigenvalue weighted by Gasteiger charge is 2.11. The number of halogens is 3. The summed E-state index contributed by atoms with van der Waals surface area (Å²) in [5.41, 5.74) is 0.692. The maximum absolute atomic E-state index is 13.6. The van der Waals surface area contributed by atoms with Gasteiger partial charge in [-0.2, -0.15) is 0 Å². The Hall–Kier alpha value is -2.56. The van der Waals surface area contributed by atoms with Gasteiger partial charge in [-0.05, 0) is 17.0 Å². The van der Waals surface area contributed by atoms with Crippen LogP contribution in [0.3, 0.4) is 0 Å². The zero-order valence-electron chi connectivity index (χ0n) is 10.9. The predicted molar refractivity (Wildman–Crippen MR) is 75.4 cm³/mol. The van der Waals surface area contributed by atoms with E-state index >= 15 is 0 Å². The average Bonchev–Trinajstić information content (AvgIpc) is 2.49. The first-order valence-electron chi connectivity index (χ1n) is 6.35. The van der Waals surface area contributed by atoms with Gasteiger partial charge in [0.05, 0.1) is 5.69 Å². The third-order valence-electron chi connectivity index (χ3n) is 3.23. The number of anilines is 1. The van der Waals surface area contributed by atoms with E-state index in [0.717, 1.165) is 22.4 Å². The molecular formula is C16H11F3N2. The van der Waals surface area contributed by atoms with Crippen molar-refractivity contribution in [2.24, 2.45) is 0 Å². The maximum atomic E-state index is 13.6. The number of rotatable bonds is 3. The first-order chi connectivity index (χ1) is 10.1. The van der Waals surface area contributed by atoms with Crippen molar-refractivity contribution >= 4 is 16.5 Å². The van der Waals surface area contributed by atoms with Gasteiger partial charge in [-0.1, -0.05) is 18.2 Å². The summed E-state index contributed by atoms with van der Waals surface area (Å²) in [6.45, 7) is 0.251. The average molecular weight is 288 g/mol. The van der Waals surface area contributed by atoms with Crippen molar-refractivity contribution in [3.05, 3.63) is 71.8 Å². The molecule has 1 aromatic heterocycles. The van der Waals surface area contributed by atoms with Crippen molar-refractivity contribution in [1.29, 1.82) is 0 Å². The van der Waals surface area contributed by atoms with E-state index in [1.807, 2.05) is 24.3 Å². The van der Waals surface area contributed by atoms with E-state index in [1.165, 1.54) is 0 Å². The van der Waals surface area contributed by atoms with Gasteiger partial charge >= 0.3 is 0 Å². The molecule has 0 amide bonds. The van der Waals surface area contributed by atoms with Crippen LogP contribution in [0.25, 0.3) is 10.8 Å². The predicted octanol–water partition coefficient (Wildman–Crippen LogP) is 4.26. The number of nitrogens with one attached hydrogen (secondary N) is 1. The summed E-state index contributed by atoms with van der Waals surface area (Å²) in [6.07, 6.45) is 3.38. The third kappa shape index (κ3) is 2.67. The van der Waals surface area contributed by atoms with Crippen LogP contribution in [-0.2, 0) is 6.54 Å². The minimum absolute atomic E-state index is 0.196. The molecular weight excluding hydrogens is 277 g/mol. The molecule has 1 heterocycles. The number of nitrogens with zero attached hydrogens (tertiary/aromatic N) is 1. The molecule has 0 aliphatic heterocycles. The lowest BCUT2D eigenvalue weighted by Gasteiger charge is -2.10. The Morgan fingerprint density at radius 2 is 1.90 bits per heavy atom. The highest BCUT2D eigenvalue weighted by atomic mass is 19.2. The van der Waals surface area contributed by atoms with Crippen LogP contribution in [0.15, 0.2) is 48.8 Å². The molecule has 0 bridgehead atoms. The van der Waals surface area contributed by atoms with Crippen LogP contribution in [0.5, 0.6) is 0 Å². The molecule has 0 unspecified atom stereocenters. The van der Waals surface area contributed by atoms with Gasteiger partial charge in [0.25, 0.3) is 0 Å². The Morgan fingerprint density at radius 1 is 1.05 bits per heavy atom. The fourth-order valence-electron chi connectivity index (χ4n) is 2.22. The second-order valence-electron chi connectivity index (χ2n) is 4.62. The van der Waals surface area contributed by atoms with Crippen molar-refractivity contribution in [2.45, 2.75) is 6.54 Å². The van der Waals surface area contributed by atoms with Gasteiger partial charge in [0.1, 0.15) is 5.82 Å². The van der Waals surface area contributed by atoms with E-state index in [9.17, 15) is 13.2 Å². The summed E-state index contributed by atoms with van der Waals surface area (Å²) < 4.78 is 39.9. The Balaban J connectivity index is 1.91. The molecule has 0 atom stereocenters. The second-order valence-corrected chi connectivity index (χ2v) is 4.62. The van der Waals surface area contributed by atoms with E-state index in [1.54, 1.807) is 12.4 Å². The van der Waals surface area contributed by atoms with E-state index in [4.69, 9.17) is 0 Å². The molecule has 106 valence electrons. The quantitative estimate of drug-likeness (QED) is 0.728. The molecule has 5 heteroatoms. The van der Waals surface area contributed by atoms with Crippen LogP contribution in [0.4, 0.5) is 18.9 Å². The highest BCUT2D eigenvalue weighted by molar-refractivity contribution is 5.84. The highest BCUT2D eigenvalue weighted by Crippen LogP contribution is 2.22. The molecule has 2 aromatic carbocycles. The van der Waals surface area contributed by atoms with Crippen LogP contribution >= 0.6 is 0 Å². The minimum atomic E-state index is -1.21. The largest absolute Gasteiger partial charge is 0.378 e. The molecule has 0 aliphatic rings. The van der Waals surface area contributed by atoms with Crippen LogP contribution in [0.1, 0.15) is 5.56 Å². The number of fused-ring (bicyclic) bond motifs is 1. The molecule has 2 nitrogen and oxygen atoms in total. The van der Waals surface area contributed by atoms with Gasteiger partial charge in [0, 0.05) is 36.5 Å². The maximum Gasteiger partial charge on any atom is 0.182 e. The first-order valence-corrected chi connectivity index (χ1v) is 6.35. The van der Waals surface area contributed by atoms with Crippen LogP contribution < -0.4 is 5.32 Å². The molecule has 3 rings (SSSR count). The van der Waals surface area contributed by atoms with E-state index in [-0.39, 0.29) is 12.2 Å². The Kier molecular flexibility index (Phi) is 3.48. The number of benzene rings is 2. The van der Waals surface area contributed by atoms with Crippen LogP contribution in [0, 0.1) is 17.5 Å². The lowest BCUT2D eigenvalue weighted by atomic mass is 10.1.